The molecule has 0 spiro atoms. The predicted molar refractivity (Wildman–Crippen MR) is 79.1 cm³/mol. The number of hydrogen-bond acceptors (Lipinski definition) is 2. The van der Waals surface area contributed by atoms with Crippen LogP contribution in [0.2, 0.25) is 0 Å². The largest absolute Gasteiger partial charge is 0.478 e. The smallest absolute Gasteiger partial charge is 0.335 e. The molecule has 5 heteroatoms. The molecule has 0 unspecified atom stereocenters. The zero-order valence-corrected chi connectivity index (χ0v) is 12.4. The second-order valence-corrected chi connectivity index (χ2v) is 5.45. The van der Waals surface area contributed by atoms with Crippen LogP contribution in [0.4, 0.5) is 10.5 Å². The van der Waals surface area contributed by atoms with Crippen molar-refractivity contribution < 1.29 is 14.7 Å². The van der Waals surface area contributed by atoms with Gasteiger partial charge in [-0.25, -0.2) is 9.59 Å². The lowest BCUT2D eigenvalue weighted by Crippen LogP contribution is -2.42. The van der Waals surface area contributed by atoms with Gasteiger partial charge in [-0.1, -0.05) is 13.8 Å². The fourth-order valence-corrected chi connectivity index (χ4v) is 1.81. The van der Waals surface area contributed by atoms with Gasteiger partial charge in [0.1, 0.15) is 0 Å². The molecule has 0 saturated heterocycles. The summed E-state index contributed by atoms with van der Waals surface area (Å²) < 4.78 is 0. The van der Waals surface area contributed by atoms with E-state index in [9.17, 15) is 9.59 Å². The molecule has 0 aliphatic rings. The highest BCUT2D eigenvalue weighted by atomic mass is 16.4. The van der Waals surface area contributed by atoms with Gasteiger partial charge in [0.15, 0.2) is 0 Å². The van der Waals surface area contributed by atoms with Crippen molar-refractivity contribution in [3.63, 3.8) is 0 Å². The van der Waals surface area contributed by atoms with E-state index in [-0.39, 0.29) is 17.6 Å². The van der Waals surface area contributed by atoms with Crippen LogP contribution < -0.4 is 5.32 Å². The van der Waals surface area contributed by atoms with Gasteiger partial charge in [-0.15, -0.1) is 0 Å². The van der Waals surface area contributed by atoms with Gasteiger partial charge in [0.2, 0.25) is 0 Å². The van der Waals surface area contributed by atoms with E-state index in [1.54, 1.807) is 17.0 Å². The number of nitrogens with zero attached hydrogens (tertiary/aromatic N) is 1. The van der Waals surface area contributed by atoms with E-state index < -0.39 is 5.97 Å². The van der Waals surface area contributed by atoms with Crippen LogP contribution in [0.5, 0.6) is 0 Å². The fraction of sp³-hybridized carbons (Fsp3) is 0.467. The van der Waals surface area contributed by atoms with Gasteiger partial charge in [0.05, 0.1) is 5.56 Å². The standard InChI is InChI=1S/C15H22N2O3/c1-10(2)9-17(11(3)4)15(20)16-13-7-5-12(6-8-13)14(18)19/h5-8,10-11H,9H2,1-4H3,(H,16,20)(H,18,19). The fourth-order valence-electron chi connectivity index (χ4n) is 1.81. The molecule has 1 aromatic rings. The van der Waals surface area contributed by atoms with Gasteiger partial charge in [0, 0.05) is 18.3 Å². The highest BCUT2D eigenvalue weighted by molar-refractivity contribution is 5.91. The lowest BCUT2D eigenvalue weighted by atomic mass is 10.2. The van der Waals surface area contributed by atoms with Crippen LogP contribution >= 0.6 is 0 Å². The van der Waals surface area contributed by atoms with Crippen molar-refractivity contribution in [2.24, 2.45) is 5.92 Å². The van der Waals surface area contributed by atoms with Gasteiger partial charge < -0.3 is 15.3 Å². The Morgan fingerprint density at radius 1 is 1.15 bits per heavy atom. The van der Waals surface area contributed by atoms with Crippen LogP contribution in [0.1, 0.15) is 38.1 Å². The lowest BCUT2D eigenvalue weighted by Gasteiger charge is -2.28. The minimum Gasteiger partial charge on any atom is -0.478 e. The third-order valence-electron chi connectivity index (χ3n) is 2.83. The van der Waals surface area contributed by atoms with Crippen molar-refractivity contribution in [1.29, 1.82) is 0 Å². The topological polar surface area (TPSA) is 69.6 Å². The Morgan fingerprint density at radius 2 is 1.70 bits per heavy atom. The number of carboxylic acid groups (broad SMARTS) is 1. The quantitative estimate of drug-likeness (QED) is 0.868. The maximum atomic E-state index is 12.2. The molecule has 0 aliphatic carbocycles. The first-order chi connectivity index (χ1) is 9.31. The molecule has 0 bridgehead atoms. The van der Waals surface area contributed by atoms with E-state index in [1.165, 1.54) is 12.1 Å². The number of aromatic carboxylic acids is 1. The molecule has 1 rings (SSSR count). The highest BCUT2D eigenvalue weighted by Crippen LogP contribution is 2.12. The van der Waals surface area contributed by atoms with Gasteiger partial charge in [-0.05, 0) is 44.0 Å². The number of hydrogen-bond donors (Lipinski definition) is 2. The summed E-state index contributed by atoms with van der Waals surface area (Å²) >= 11 is 0. The van der Waals surface area contributed by atoms with E-state index in [0.29, 0.717) is 18.2 Å². The summed E-state index contributed by atoms with van der Waals surface area (Å²) in [6.45, 7) is 8.73. The van der Waals surface area contributed by atoms with E-state index in [2.05, 4.69) is 19.2 Å². The molecule has 0 atom stereocenters. The van der Waals surface area contributed by atoms with Crippen molar-refractivity contribution in [3.8, 4) is 0 Å². The number of carbonyl (C=O) groups is 2. The number of urea groups is 1. The zero-order valence-electron chi connectivity index (χ0n) is 12.4. The first kappa shape index (κ1) is 16.0. The van der Waals surface area contributed by atoms with Crippen molar-refractivity contribution in [3.05, 3.63) is 29.8 Å². The zero-order chi connectivity index (χ0) is 15.3. The molecule has 0 fully saturated rings. The Bertz CT molecular complexity index is 467. The number of amides is 2. The Morgan fingerprint density at radius 3 is 2.10 bits per heavy atom. The second kappa shape index (κ2) is 6.93. The van der Waals surface area contributed by atoms with E-state index in [4.69, 9.17) is 5.11 Å². The van der Waals surface area contributed by atoms with Gasteiger partial charge in [-0.3, -0.25) is 0 Å². The SMILES string of the molecule is CC(C)CN(C(=O)Nc1ccc(C(=O)O)cc1)C(C)C. The van der Waals surface area contributed by atoms with Crippen molar-refractivity contribution in [2.45, 2.75) is 33.7 Å². The van der Waals surface area contributed by atoms with Crippen LogP contribution in [-0.2, 0) is 0 Å². The van der Waals surface area contributed by atoms with Crippen molar-refractivity contribution >= 4 is 17.7 Å². The van der Waals surface area contributed by atoms with E-state index in [1.807, 2.05) is 13.8 Å². The van der Waals surface area contributed by atoms with E-state index in [0.717, 1.165) is 0 Å². The Labute approximate surface area is 119 Å². The third kappa shape index (κ3) is 4.57. The molecule has 20 heavy (non-hydrogen) atoms. The average Bonchev–Trinajstić information content (AvgIpc) is 2.35. The molecule has 0 saturated carbocycles. The number of benzene rings is 1. The summed E-state index contributed by atoms with van der Waals surface area (Å²) in [5.41, 5.74) is 0.792. The highest BCUT2D eigenvalue weighted by Gasteiger charge is 2.18. The predicted octanol–water partition coefficient (Wildman–Crippen LogP) is 3.28. The summed E-state index contributed by atoms with van der Waals surface area (Å²) in [4.78, 5) is 24.7. The van der Waals surface area contributed by atoms with Crippen LogP contribution in [0.3, 0.4) is 0 Å². The first-order valence-corrected chi connectivity index (χ1v) is 6.72. The summed E-state index contributed by atoms with van der Waals surface area (Å²) in [5.74, 6) is -0.593. The number of carboxylic acids is 1. The van der Waals surface area contributed by atoms with Crippen LogP contribution in [-0.4, -0.2) is 34.6 Å². The summed E-state index contributed by atoms with van der Waals surface area (Å²) in [7, 11) is 0. The summed E-state index contributed by atoms with van der Waals surface area (Å²) in [5, 5.41) is 11.6. The molecule has 2 amide bonds. The normalized spacial score (nSPS) is 10.7. The number of anilines is 1. The Kier molecular flexibility index (Phi) is 5.55. The third-order valence-corrected chi connectivity index (χ3v) is 2.83. The molecule has 0 radical (unpaired) electrons. The molecule has 0 aromatic heterocycles. The summed E-state index contributed by atoms with van der Waals surface area (Å²) in [6.07, 6.45) is 0. The number of rotatable bonds is 5. The van der Waals surface area contributed by atoms with Crippen LogP contribution in [0.15, 0.2) is 24.3 Å². The molecule has 0 aliphatic heterocycles. The number of nitrogens with one attached hydrogen (secondary N) is 1. The van der Waals surface area contributed by atoms with E-state index >= 15 is 0 Å². The van der Waals surface area contributed by atoms with Gasteiger partial charge in [-0.2, -0.15) is 0 Å². The van der Waals surface area contributed by atoms with Gasteiger partial charge >= 0.3 is 12.0 Å². The molecule has 0 heterocycles. The van der Waals surface area contributed by atoms with Crippen molar-refractivity contribution in [1.82, 2.24) is 4.90 Å². The number of carbonyl (C=O) groups excluding carboxylic acids is 1. The Balaban J connectivity index is 2.75. The van der Waals surface area contributed by atoms with Crippen LogP contribution in [0.25, 0.3) is 0 Å². The minimum atomic E-state index is -0.980. The lowest BCUT2D eigenvalue weighted by molar-refractivity contribution is 0.0697. The summed E-state index contributed by atoms with van der Waals surface area (Å²) in [6, 6.07) is 6.07. The Hall–Kier alpha value is -2.04. The molecule has 1 aromatic carbocycles. The second-order valence-electron chi connectivity index (χ2n) is 5.45. The first-order valence-electron chi connectivity index (χ1n) is 6.72. The molecule has 110 valence electrons. The molecular weight excluding hydrogens is 256 g/mol. The maximum Gasteiger partial charge on any atom is 0.335 e. The average molecular weight is 278 g/mol. The molecule has 5 nitrogen and oxygen atoms in total. The van der Waals surface area contributed by atoms with Crippen molar-refractivity contribution in [2.75, 3.05) is 11.9 Å². The maximum absolute atomic E-state index is 12.2. The van der Waals surface area contributed by atoms with Crippen LogP contribution in [0, 0.1) is 5.92 Å². The van der Waals surface area contributed by atoms with Gasteiger partial charge in [0.25, 0.3) is 0 Å². The monoisotopic (exact) mass is 278 g/mol. The minimum absolute atomic E-state index is 0.107. The molecule has 2 N–H and O–H groups in total. The molecular formula is C15H22N2O3.